The summed E-state index contributed by atoms with van der Waals surface area (Å²) in [5.41, 5.74) is 9.47. The van der Waals surface area contributed by atoms with Crippen LogP contribution in [0.3, 0.4) is 0 Å². The number of nitrogens with zero attached hydrogens (tertiary/aromatic N) is 5. The van der Waals surface area contributed by atoms with Crippen LogP contribution in [0.2, 0.25) is 0 Å². The second-order valence-corrected chi connectivity index (χ2v) is 5.30. The standard InChI is InChI=1S/C15H16N6/c16-8-13-7-11-3-1-2-4-12(11)9-21(13)14-15-19-18-10-20(15)6-5-17-14/h1-6,10,13H,7-9,16H2. The summed E-state index contributed by atoms with van der Waals surface area (Å²) >= 11 is 0. The summed E-state index contributed by atoms with van der Waals surface area (Å²) in [6.07, 6.45) is 6.26. The number of anilines is 1. The van der Waals surface area contributed by atoms with Gasteiger partial charge in [0.1, 0.15) is 6.33 Å². The number of fused-ring (bicyclic) bond motifs is 2. The molecule has 6 heteroatoms. The maximum atomic E-state index is 6.00. The number of aromatic nitrogens is 4. The van der Waals surface area contributed by atoms with Crippen LogP contribution in [-0.4, -0.2) is 32.2 Å². The predicted octanol–water partition coefficient (Wildman–Crippen LogP) is 1.01. The van der Waals surface area contributed by atoms with Gasteiger partial charge in [-0.25, -0.2) is 4.98 Å². The van der Waals surface area contributed by atoms with Crippen LogP contribution in [0, 0.1) is 0 Å². The summed E-state index contributed by atoms with van der Waals surface area (Å²) in [5, 5.41) is 8.15. The lowest BCUT2D eigenvalue weighted by Gasteiger charge is -2.37. The second kappa shape index (κ2) is 4.82. The molecule has 1 unspecified atom stereocenters. The molecule has 21 heavy (non-hydrogen) atoms. The van der Waals surface area contributed by atoms with Gasteiger partial charge in [-0.2, -0.15) is 0 Å². The van der Waals surface area contributed by atoms with Crippen LogP contribution in [0.5, 0.6) is 0 Å². The Kier molecular flexibility index (Phi) is 2.82. The van der Waals surface area contributed by atoms with E-state index in [1.807, 2.05) is 10.6 Å². The summed E-state index contributed by atoms with van der Waals surface area (Å²) in [6.45, 7) is 1.39. The molecule has 0 bridgehead atoms. The maximum Gasteiger partial charge on any atom is 0.203 e. The van der Waals surface area contributed by atoms with E-state index in [4.69, 9.17) is 5.73 Å². The monoisotopic (exact) mass is 280 g/mol. The van der Waals surface area contributed by atoms with E-state index < -0.39 is 0 Å². The van der Waals surface area contributed by atoms with E-state index in [2.05, 4.69) is 44.3 Å². The maximum absolute atomic E-state index is 6.00. The first kappa shape index (κ1) is 12.3. The lowest BCUT2D eigenvalue weighted by atomic mass is 9.94. The van der Waals surface area contributed by atoms with Gasteiger partial charge in [-0.05, 0) is 17.5 Å². The molecule has 0 radical (unpaired) electrons. The van der Waals surface area contributed by atoms with Crippen LogP contribution >= 0.6 is 0 Å². The molecule has 4 rings (SSSR count). The SMILES string of the molecule is NCC1Cc2ccccc2CN1c1nccn2cnnc12. The van der Waals surface area contributed by atoms with Crippen molar-refractivity contribution in [3.05, 3.63) is 54.1 Å². The third-order valence-corrected chi connectivity index (χ3v) is 4.10. The third kappa shape index (κ3) is 1.95. The molecule has 0 amide bonds. The van der Waals surface area contributed by atoms with Crippen LogP contribution in [0.4, 0.5) is 5.82 Å². The molecule has 0 saturated carbocycles. The normalized spacial score (nSPS) is 18.0. The summed E-state index contributed by atoms with van der Waals surface area (Å²) in [4.78, 5) is 6.76. The molecule has 106 valence electrons. The first-order valence-corrected chi connectivity index (χ1v) is 7.04. The molecule has 1 aromatic carbocycles. The molecular weight excluding hydrogens is 264 g/mol. The number of rotatable bonds is 2. The zero-order chi connectivity index (χ0) is 14.2. The van der Waals surface area contributed by atoms with Crippen LogP contribution < -0.4 is 10.6 Å². The highest BCUT2D eigenvalue weighted by Crippen LogP contribution is 2.28. The van der Waals surface area contributed by atoms with E-state index >= 15 is 0 Å². The van der Waals surface area contributed by atoms with Gasteiger partial charge < -0.3 is 10.6 Å². The highest BCUT2D eigenvalue weighted by Gasteiger charge is 2.27. The Morgan fingerprint density at radius 3 is 2.95 bits per heavy atom. The van der Waals surface area contributed by atoms with Crippen LogP contribution in [0.15, 0.2) is 43.0 Å². The van der Waals surface area contributed by atoms with Gasteiger partial charge in [0.2, 0.25) is 5.65 Å². The molecule has 0 saturated heterocycles. The fourth-order valence-corrected chi connectivity index (χ4v) is 2.99. The minimum absolute atomic E-state index is 0.232. The molecule has 0 aliphatic carbocycles. The van der Waals surface area contributed by atoms with Crippen LogP contribution in [0.25, 0.3) is 5.65 Å². The molecule has 2 N–H and O–H groups in total. The zero-order valence-electron chi connectivity index (χ0n) is 11.6. The Bertz CT molecular complexity index is 780. The van der Waals surface area contributed by atoms with E-state index in [9.17, 15) is 0 Å². The van der Waals surface area contributed by atoms with Gasteiger partial charge in [-0.1, -0.05) is 24.3 Å². The van der Waals surface area contributed by atoms with Crippen molar-refractivity contribution in [1.29, 1.82) is 0 Å². The minimum atomic E-state index is 0.232. The number of nitrogens with two attached hydrogens (primary N) is 1. The van der Waals surface area contributed by atoms with Crippen molar-refractivity contribution in [3.8, 4) is 0 Å². The van der Waals surface area contributed by atoms with Gasteiger partial charge in [0, 0.05) is 31.5 Å². The van der Waals surface area contributed by atoms with E-state index in [1.54, 1.807) is 12.5 Å². The lowest BCUT2D eigenvalue weighted by molar-refractivity contribution is 0.556. The third-order valence-electron chi connectivity index (χ3n) is 4.10. The van der Waals surface area contributed by atoms with Crippen molar-refractivity contribution in [2.45, 2.75) is 19.0 Å². The second-order valence-electron chi connectivity index (χ2n) is 5.30. The fraction of sp³-hybridized carbons (Fsp3) is 0.267. The Morgan fingerprint density at radius 2 is 2.10 bits per heavy atom. The molecule has 2 aromatic heterocycles. The van der Waals surface area contributed by atoms with Gasteiger partial charge in [-0.15, -0.1) is 10.2 Å². The highest BCUT2D eigenvalue weighted by molar-refractivity contribution is 5.64. The van der Waals surface area contributed by atoms with Crippen molar-refractivity contribution in [2.75, 3.05) is 11.4 Å². The van der Waals surface area contributed by atoms with E-state index in [-0.39, 0.29) is 6.04 Å². The van der Waals surface area contributed by atoms with Gasteiger partial charge in [-0.3, -0.25) is 4.40 Å². The van der Waals surface area contributed by atoms with Crippen molar-refractivity contribution in [1.82, 2.24) is 19.6 Å². The molecule has 0 fully saturated rings. The molecule has 6 nitrogen and oxygen atoms in total. The molecule has 1 atom stereocenters. The predicted molar refractivity (Wildman–Crippen MR) is 80.0 cm³/mol. The minimum Gasteiger partial charge on any atom is -0.345 e. The first-order valence-electron chi connectivity index (χ1n) is 7.04. The number of benzene rings is 1. The van der Waals surface area contributed by atoms with Gasteiger partial charge >= 0.3 is 0 Å². The zero-order valence-corrected chi connectivity index (χ0v) is 11.6. The largest absolute Gasteiger partial charge is 0.345 e. The molecular formula is C15H16N6. The van der Waals surface area contributed by atoms with Crippen molar-refractivity contribution in [2.24, 2.45) is 5.73 Å². The van der Waals surface area contributed by atoms with Gasteiger partial charge in [0.15, 0.2) is 5.82 Å². The molecule has 3 heterocycles. The average Bonchev–Trinajstić information content (AvgIpc) is 3.02. The van der Waals surface area contributed by atoms with Gasteiger partial charge in [0.25, 0.3) is 0 Å². The summed E-state index contributed by atoms with van der Waals surface area (Å²) < 4.78 is 1.89. The highest BCUT2D eigenvalue weighted by atomic mass is 15.3. The van der Waals surface area contributed by atoms with Crippen LogP contribution in [-0.2, 0) is 13.0 Å². The summed E-state index contributed by atoms with van der Waals surface area (Å²) in [6, 6.07) is 8.74. The molecule has 3 aromatic rings. The van der Waals surface area contributed by atoms with E-state index in [1.165, 1.54) is 11.1 Å². The van der Waals surface area contributed by atoms with Crippen molar-refractivity contribution >= 4 is 11.5 Å². The van der Waals surface area contributed by atoms with Crippen LogP contribution in [0.1, 0.15) is 11.1 Å². The summed E-state index contributed by atoms with van der Waals surface area (Å²) in [5.74, 6) is 0.847. The van der Waals surface area contributed by atoms with Gasteiger partial charge in [0.05, 0.1) is 0 Å². The van der Waals surface area contributed by atoms with E-state index in [0.29, 0.717) is 6.54 Å². The first-order chi connectivity index (χ1) is 10.4. The van der Waals surface area contributed by atoms with E-state index in [0.717, 1.165) is 24.4 Å². The smallest absolute Gasteiger partial charge is 0.203 e. The topological polar surface area (TPSA) is 72.3 Å². The number of hydrogen-bond acceptors (Lipinski definition) is 5. The van der Waals surface area contributed by atoms with Crippen molar-refractivity contribution < 1.29 is 0 Å². The molecule has 0 spiro atoms. The molecule has 1 aliphatic heterocycles. The number of hydrogen-bond donors (Lipinski definition) is 1. The summed E-state index contributed by atoms with van der Waals surface area (Å²) in [7, 11) is 0. The van der Waals surface area contributed by atoms with Crippen molar-refractivity contribution in [3.63, 3.8) is 0 Å². The Hall–Kier alpha value is -2.47. The average molecular weight is 280 g/mol. The lowest BCUT2D eigenvalue weighted by Crippen LogP contribution is -2.45. The fourth-order valence-electron chi connectivity index (χ4n) is 2.99. The Labute approximate surface area is 122 Å². The quantitative estimate of drug-likeness (QED) is 0.758. The molecule has 1 aliphatic rings. The Balaban J connectivity index is 1.82. The Morgan fingerprint density at radius 1 is 1.24 bits per heavy atom.